The molecule has 4 rings (SSSR count). The van der Waals surface area contributed by atoms with Crippen molar-refractivity contribution in [3.63, 3.8) is 0 Å². The van der Waals surface area contributed by atoms with Gasteiger partial charge in [0.25, 0.3) is 0 Å². The second-order valence-electron chi connectivity index (χ2n) is 10.7. The summed E-state index contributed by atoms with van der Waals surface area (Å²) in [5.74, 6) is 0. The Hall–Kier alpha value is -0.0957. The van der Waals surface area contributed by atoms with Crippen molar-refractivity contribution < 1.29 is 21.7 Å². The first-order chi connectivity index (χ1) is 16.3. The minimum Gasteiger partial charge on any atom is -0.271 e. The Bertz CT molecular complexity index is 649. The predicted molar refractivity (Wildman–Crippen MR) is 151 cm³/mol. The molecular formula is C31H52NPTi. The van der Waals surface area contributed by atoms with Crippen molar-refractivity contribution >= 4 is 7.05 Å². The van der Waals surface area contributed by atoms with Crippen molar-refractivity contribution in [3.8, 4) is 0 Å². The van der Waals surface area contributed by atoms with Crippen LogP contribution >= 0.6 is 7.05 Å². The molecule has 0 unspecified atom stereocenters. The maximum atomic E-state index is 5.89. The van der Waals surface area contributed by atoms with Gasteiger partial charge in [0.1, 0.15) is 0 Å². The van der Waals surface area contributed by atoms with Gasteiger partial charge in [-0.15, -0.1) is 0 Å². The molecule has 0 amide bonds. The van der Waals surface area contributed by atoms with Crippen LogP contribution in [0.25, 0.3) is 0 Å². The van der Waals surface area contributed by atoms with Gasteiger partial charge in [-0.25, -0.2) is 0 Å². The molecule has 0 saturated heterocycles. The largest absolute Gasteiger partial charge is 0.271 e. The van der Waals surface area contributed by atoms with Crippen LogP contribution in [0.15, 0.2) is 53.0 Å². The molecule has 0 heterocycles. The van der Waals surface area contributed by atoms with Crippen LogP contribution in [0.3, 0.4) is 0 Å². The standard InChI is InChI=1S/C23H38NP.C8H14.Ti/c1-4-14-21(15-5-1)25(22-16-6-2-7-17-22,23-18-8-3-9-19-23)24-20-12-10-11-13-20;1-3-5-7-8-6-4-2;/h10-12,21-23H,1-9,13-19H2;5-8H,3-4H2,1-2H3;. The van der Waals surface area contributed by atoms with E-state index in [1.807, 2.05) is 0 Å². The predicted octanol–water partition coefficient (Wildman–Crippen LogP) is 10.9. The van der Waals surface area contributed by atoms with Crippen LogP contribution in [0, 0.1) is 0 Å². The van der Waals surface area contributed by atoms with Crippen molar-refractivity contribution in [1.82, 2.24) is 0 Å². The summed E-state index contributed by atoms with van der Waals surface area (Å²) in [6, 6.07) is 0. The number of hydrogen-bond donors (Lipinski definition) is 0. The van der Waals surface area contributed by atoms with Crippen molar-refractivity contribution in [1.29, 1.82) is 0 Å². The third kappa shape index (κ3) is 8.78. The second-order valence-corrected chi connectivity index (χ2v) is 14.7. The summed E-state index contributed by atoms with van der Waals surface area (Å²) in [5.41, 5.74) is 4.40. The fourth-order valence-corrected chi connectivity index (χ4v) is 13.2. The zero-order chi connectivity index (χ0) is 23.2. The van der Waals surface area contributed by atoms with Crippen molar-refractivity contribution in [2.24, 2.45) is 4.74 Å². The Balaban J connectivity index is 0.000000394. The van der Waals surface area contributed by atoms with E-state index in [0.29, 0.717) is 0 Å². The van der Waals surface area contributed by atoms with Gasteiger partial charge in [0.2, 0.25) is 0 Å². The maximum Gasteiger partial charge on any atom is 0.0425 e. The number of nitrogens with zero attached hydrogens (tertiary/aromatic N) is 1. The van der Waals surface area contributed by atoms with E-state index in [-0.39, 0.29) is 21.7 Å². The molecule has 4 aliphatic carbocycles. The fourth-order valence-electron chi connectivity index (χ4n) is 6.79. The van der Waals surface area contributed by atoms with Gasteiger partial charge in [-0.3, -0.25) is 4.74 Å². The van der Waals surface area contributed by atoms with E-state index in [0.717, 1.165) is 36.2 Å². The van der Waals surface area contributed by atoms with Gasteiger partial charge in [0.05, 0.1) is 0 Å². The molecule has 0 bridgehead atoms. The van der Waals surface area contributed by atoms with Crippen molar-refractivity contribution in [2.45, 2.75) is 146 Å². The first-order valence-electron chi connectivity index (χ1n) is 14.6. The molecule has 3 fully saturated rings. The van der Waals surface area contributed by atoms with Crippen LogP contribution in [0.5, 0.6) is 0 Å². The third-order valence-corrected chi connectivity index (χ3v) is 14.0. The van der Waals surface area contributed by atoms with Gasteiger partial charge in [0.15, 0.2) is 0 Å². The number of rotatable bonds is 7. The van der Waals surface area contributed by atoms with Crippen LogP contribution in [-0.4, -0.2) is 17.0 Å². The third-order valence-electron chi connectivity index (χ3n) is 8.39. The van der Waals surface area contributed by atoms with Crippen molar-refractivity contribution in [3.05, 3.63) is 48.2 Å². The van der Waals surface area contributed by atoms with E-state index in [1.54, 1.807) is 0 Å². The molecule has 0 aliphatic heterocycles. The monoisotopic (exact) mass is 517 g/mol. The van der Waals surface area contributed by atoms with Gasteiger partial charge < -0.3 is 0 Å². The van der Waals surface area contributed by atoms with Crippen LogP contribution in [0.2, 0.25) is 0 Å². The minimum absolute atomic E-state index is 0. The maximum absolute atomic E-state index is 5.89. The molecule has 3 saturated carbocycles. The number of hydrogen-bond acceptors (Lipinski definition) is 1. The first-order valence-corrected chi connectivity index (χ1v) is 16.5. The van der Waals surface area contributed by atoms with E-state index in [2.05, 4.69) is 56.4 Å². The molecule has 0 radical (unpaired) electrons. The van der Waals surface area contributed by atoms with E-state index < -0.39 is 7.05 Å². The molecule has 0 aromatic carbocycles. The van der Waals surface area contributed by atoms with Crippen molar-refractivity contribution in [2.75, 3.05) is 0 Å². The summed E-state index contributed by atoms with van der Waals surface area (Å²) in [6.07, 6.45) is 41.2. The molecule has 1 nitrogen and oxygen atoms in total. The van der Waals surface area contributed by atoms with E-state index in [9.17, 15) is 0 Å². The summed E-state index contributed by atoms with van der Waals surface area (Å²) in [4.78, 5) is 0. The Morgan fingerprint density at radius 3 is 1.44 bits per heavy atom. The normalized spacial score (nSPS) is 22.9. The van der Waals surface area contributed by atoms with Crippen LogP contribution < -0.4 is 0 Å². The summed E-state index contributed by atoms with van der Waals surface area (Å²) in [5, 5.41) is 0. The van der Waals surface area contributed by atoms with E-state index >= 15 is 0 Å². The van der Waals surface area contributed by atoms with Gasteiger partial charge in [-0.05, 0) is 81.5 Å². The van der Waals surface area contributed by atoms with Gasteiger partial charge in [0, 0.05) is 33.8 Å². The summed E-state index contributed by atoms with van der Waals surface area (Å²) < 4.78 is 5.89. The molecular weight excluding hydrogens is 465 g/mol. The van der Waals surface area contributed by atoms with Gasteiger partial charge >= 0.3 is 0 Å². The molecule has 0 spiro atoms. The zero-order valence-corrected chi connectivity index (χ0v) is 24.9. The molecule has 0 N–H and O–H groups in total. The quantitative estimate of drug-likeness (QED) is 0.181. The average Bonchev–Trinajstić information content (AvgIpc) is 3.40. The van der Waals surface area contributed by atoms with Crippen LogP contribution in [-0.2, 0) is 21.7 Å². The first kappa shape index (κ1) is 30.1. The molecule has 0 aromatic rings. The second kappa shape index (κ2) is 17.4. The summed E-state index contributed by atoms with van der Waals surface area (Å²) in [6.45, 7) is 4.27. The summed E-state index contributed by atoms with van der Waals surface area (Å²) in [7, 11) is -1.25. The Morgan fingerprint density at radius 1 is 0.706 bits per heavy atom. The Labute approximate surface area is 227 Å². The Morgan fingerprint density at radius 2 is 1.12 bits per heavy atom. The molecule has 190 valence electrons. The average molecular weight is 518 g/mol. The fraction of sp³-hybridized carbons (Fsp3) is 0.742. The molecule has 0 atom stereocenters. The van der Waals surface area contributed by atoms with Crippen LogP contribution in [0.4, 0.5) is 0 Å². The van der Waals surface area contributed by atoms with E-state index in [1.165, 1.54) is 102 Å². The molecule has 0 aromatic heterocycles. The van der Waals surface area contributed by atoms with E-state index in [4.69, 9.17) is 4.74 Å². The minimum atomic E-state index is -1.25. The molecule has 34 heavy (non-hydrogen) atoms. The van der Waals surface area contributed by atoms with Gasteiger partial charge in [-0.1, -0.05) is 108 Å². The van der Waals surface area contributed by atoms with Crippen LogP contribution in [0.1, 0.15) is 129 Å². The summed E-state index contributed by atoms with van der Waals surface area (Å²) >= 11 is 0. The topological polar surface area (TPSA) is 12.4 Å². The zero-order valence-electron chi connectivity index (χ0n) is 22.4. The molecule has 3 heteroatoms. The smallest absolute Gasteiger partial charge is 0.0425 e. The molecule has 4 aliphatic rings. The Kier molecular flexibility index (Phi) is 15.4. The SMILES string of the molecule is C1=CCC(N=P(C2CCCCC2)(C2CCCCC2)C2CCCCC2)=C1.CCC=CC=CCC.[Ti]. The number of allylic oxidation sites excluding steroid dienone is 7. The van der Waals surface area contributed by atoms with Gasteiger partial charge in [-0.2, -0.15) is 0 Å².